The predicted molar refractivity (Wildman–Crippen MR) is 95.4 cm³/mol. The van der Waals surface area contributed by atoms with Crippen molar-refractivity contribution in [2.45, 2.75) is 45.9 Å². The number of benzene rings is 1. The molecule has 26 heavy (non-hydrogen) atoms. The van der Waals surface area contributed by atoms with Gasteiger partial charge in [-0.3, -0.25) is 15.0 Å². The number of amides is 1. The fourth-order valence-electron chi connectivity index (χ4n) is 2.44. The third-order valence-corrected chi connectivity index (χ3v) is 3.87. The molecule has 8 nitrogen and oxygen atoms in total. The van der Waals surface area contributed by atoms with E-state index < -0.39 is 17.7 Å². The maximum Gasteiger partial charge on any atom is 0.412 e. The van der Waals surface area contributed by atoms with E-state index in [2.05, 4.69) is 5.32 Å². The van der Waals surface area contributed by atoms with Gasteiger partial charge in [-0.25, -0.2) is 4.79 Å². The van der Waals surface area contributed by atoms with Crippen LogP contribution in [0.5, 0.6) is 11.5 Å². The van der Waals surface area contributed by atoms with Crippen LogP contribution in [0.25, 0.3) is 0 Å². The van der Waals surface area contributed by atoms with Crippen LogP contribution in [0, 0.1) is 0 Å². The maximum atomic E-state index is 12.2. The fourth-order valence-corrected chi connectivity index (χ4v) is 2.44. The van der Waals surface area contributed by atoms with E-state index in [9.17, 15) is 9.59 Å². The Labute approximate surface area is 153 Å². The van der Waals surface area contributed by atoms with Gasteiger partial charge in [-0.2, -0.15) is 0 Å². The molecular weight excluding hydrogens is 340 g/mol. The Morgan fingerprint density at radius 3 is 2.62 bits per heavy atom. The number of likely N-dealkylation sites (N-methyl/N-ethyl adjacent to an activating group) is 1. The molecule has 8 heteroatoms. The number of hydrogen-bond donors (Lipinski definition) is 1. The molecule has 1 amide bonds. The van der Waals surface area contributed by atoms with E-state index in [-0.39, 0.29) is 12.8 Å². The highest BCUT2D eigenvalue weighted by Crippen LogP contribution is 2.42. The molecule has 1 aromatic rings. The van der Waals surface area contributed by atoms with Gasteiger partial charge in [-0.15, -0.1) is 0 Å². The van der Waals surface area contributed by atoms with Crippen LogP contribution in [0.3, 0.4) is 0 Å². The lowest BCUT2D eigenvalue weighted by molar-refractivity contribution is -0.145. The van der Waals surface area contributed by atoms with Crippen molar-refractivity contribution in [3.05, 3.63) is 17.7 Å². The molecule has 0 saturated carbocycles. The van der Waals surface area contributed by atoms with E-state index in [4.69, 9.17) is 18.9 Å². The number of rotatable bonds is 5. The quantitative estimate of drug-likeness (QED) is 0.802. The second kappa shape index (κ2) is 7.82. The standard InChI is InChI=1S/C18H26N2O6/c1-11(16(21)23-6)20(5)9-12-7-8-13-15(25-10-24-13)14(12)19-17(22)26-18(2,3)4/h7-8,11H,9-10H2,1-6H3,(H,19,22)/t11-/m0/s1. The molecule has 0 bridgehead atoms. The first-order chi connectivity index (χ1) is 12.1. The molecule has 1 heterocycles. The molecule has 0 aliphatic carbocycles. The van der Waals surface area contributed by atoms with Crippen molar-refractivity contribution in [1.29, 1.82) is 0 Å². The minimum atomic E-state index is -0.629. The van der Waals surface area contributed by atoms with Gasteiger partial charge in [0.15, 0.2) is 11.5 Å². The lowest BCUT2D eigenvalue weighted by Gasteiger charge is -2.25. The van der Waals surface area contributed by atoms with Crippen molar-refractivity contribution in [3.63, 3.8) is 0 Å². The number of esters is 1. The predicted octanol–water partition coefficient (Wildman–Crippen LogP) is 2.76. The molecule has 0 spiro atoms. The highest BCUT2D eigenvalue weighted by molar-refractivity contribution is 5.89. The molecule has 1 aromatic carbocycles. The number of ether oxygens (including phenoxy) is 4. The molecule has 2 rings (SSSR count). The summed E-state index contributed by atoms with van der Waals surface area (Å²) in [4.78, 5) is 25.8. The summed E-state index contributed by atoms with van der Waals surface area (Å²) in [6.45, 7) is 7.57. The first-order valence-corrected chi connectivity index (χ1v) is 8.32. The number of carbonyl (C=O) groups is 2. The van der Waals surface area contributed by atoms with E-state index in [1.165, 1.54) is 7.11 Å². The molecular formula is C18H26N2O6. The molecule has 0 unspecified atom stereocenters. The van der Waals surface area contributed by atoms with Gasteiger partial charge >= 0.3 is 12.1 Å². The summed E-state index contributed by atoms with van der Waals surface area (Å²) >= 11 is 0. The zero-order chi connectivity index (χ0) is 19.5. The second-order valence-corrected chi connectivity index (χ2v) is 7.07. The number of nitrogens with one attached hydrogen (secondary N) is 1. The van der Waals surface area contributed by atoms with E-state index >= 15 is 0 Å². The number of anilines is 1. The van der Waals surface area contributed by atoms with Gasteiger partial charge in [0, 0.05) is 6.54 Å². The monoisotopic (exact) mass is 366 g/mol. The molecule has 0 radical (unpaired) electrons. The average molecular weight is 366 g/mol. The summed E-state index contributed by atoms with van der Waals surface area (Å²) in [5, 5.41) is 2.75. The third-order valence-electron chi connectivity index (χ3n) is 3.87. The summed E-state index contributed by atoms with van der Waals surface area (Å²) in [6, 6.07) is 3.15. The van der Waals surface area contributed by atoms with Crippen molar-refractivity contribution in [2.24, 2.45) is 0 Å². The first-order valence-electron chi connectivity index (χ1n) is 8.32. The smallest absolute Gasteiger partial charge is 0.412 e. The van der Waals surface area contributed by atoms with Crippen LogP contribution in [0.4, 0.5) is 10.5 Å². The van der Waals surface area contributed by atoms with Gasteiger partial charge in [0.1, 0.15) is 11.6 Å². The Kier molecular flexibility index (Phi) is 5.97. The van der Waals surface area contributed by atoms with Gasteiger partial charge in [0.05, 0.1) is 12.8 Å². The number of methoxy groups -OCH3 is 1. The zero-order valence-electron chi connectivity index (χ0n) is 16.0. The van der Waals surface area contributed by atoms with Gasteiger partial charge < -0.3 is 18.9 Å². The van der Waals surface area contributed by atoms with Crippen LogP contribution in [-0.2, 0) is 20.8 Å². The van der Waals surface area contributed by atoms with Crippen LogP contribution in [0.1, 0.15) is 33.3 Å². The molecule has 0 saturated heterocycles. The molecule has 0 fully saturated rings. The Morgan fingerprint density at radius 2 is 2.00 bits per heavy atom. The summed E-state index contributed by atoms with van der Waals surface area (Å²) in [7, 11) is 3.15. The van der Waals surface area contributed by atoms with Crippen LogP contribution in [-0.4, -0.2) is 49.6 Å². The third kappa shape index (κ3) is 4.78. The summed E-state index contributed by atoms with van der Waals surface area (Å²) in [5.74, 6) is 0.658. The van der Waals surface area contributed by atoms with Crippen molar-refractivity contribution in [3.8, 4) is 11.5 Å². The van der Waals surface area contributed by atoms with E-state index in [1.807, 2.05) is 11.0 Å². The van der Waals surface area contributed by atoms with Crippen LogP contribution < -0.4 is 14.8 Å². The van der Waals surface area contributed by atoms with E-state index in [1.54, 1.807) is 40.8 Å². The molecule has 0 aromatic heterocycles. The van der Waals surface area contributed by atoms with Gasteiger partial charge in [0.2, 0.25) is 6.79 Å². The Balaban J connectivity index is 2.26. The van der Waals surface area contributed by atoms with Gasteiger partial charge in [0.25, 0.3) is 0 Å². The minimum Gasteiger partial charge on any atom is -0.468 e. The Morgan fingerprint density at radius 1 is 1.31 bits per heavy atom. The molecule has 1 aliphatic rings. The number of fused-ring (bicyclic) bond motifs is 1. The fraction of sp³-hybridized carbons (Fsp3) is 0.556. The molecule has 1 N–H and O–H groups in total. The van der Waals surface area contributed by atoms with E-state index in [0.717, 1.165) is 5.56 Å². The number of carbonyl (C=O) groups excluding carboxylic acids is 2. The first kappa shape index (κ1) is 19.8. The minimum absolute atomic E-state index is 0.0796. The molecule has 1 aliphatic heterocycles. The van der Waals surface area contributed by atoms with Crippen molar-refractivity contribution in [1.82, 2.24) is 4.90 Å². The summed E-state index contributed by atoms with van der Waals surface area (Å²) < 4.78 is 21.0. The van der Waals surface area contributed by atoms with Gasteiger partial charge in [-0.05, 0) is 46.4 Å². The van der Waals surface area contributed by atoms with Crippen molar-refractivity contribution < 1.29 is 28.5 Å². The summed E-state index contributed by atoms with van der Waals surface area (Å²) in [5.41, 5.74) is 0.604. The normalized spacial score (nSPS) is 14.1. The lowest BCUT2D eigenvalue weighted by atomic mass is 10.1. The summed E-state index contributed by atoms with van der Waals surface area (Å²) in [6.07, 6.45) is -0.591. The average Bonchev–Trinajstić information content (AvgIpc) is 3.02. The maximum absolute atomic E-state index is 12.2. The highest BCUT2D eigenvalue weighted by Gasteiger charge is 2.26. The van der Waals surface area contributed by atoms with Crippen LogP contribution in [0.15, 0.2) is 12.1 Å². The number of nitrogens with zero attached hydrogens (tertiary/aromatic N) is 1. The van der Waals surface area contributed by atoms with Crippen molar-refractivity contribution in [2.75, 3.05) is 26.3 Å². The largest absolute Gasteiger partial charge is 0.468 e. The van der Waals surface area contributed by atoms with Crippen LogP contribution in [0.2, 0.25) is 0 Å². The zero-order valence-corrected chi connectivity index (χ0v) is 16.0. The molecule has 1 atom stereocenters. The number of hydrogen-bond acceptors (Lipinski definition) is 7. The second-order valence-electron chi connectivity index (χ2n) is 7.07. The Bertz CT molecular complexity index is 683. The molecule has 144 valence electrons. The SMILES string of the molecule is COC(=O)[C@H](C)N(C)Cc1ccc2c(c1NC(=O)OC(C)(C)C)OCO2. The topological polar surface area (TPSA) is 86.3 Å². The van der Waals surface area contributed by atoms with Crippen LogP contribution >= 0.6 is 0 Å². The Hall–Kier alpha value is -2.48. The van der Waals surface area contributed by atoms with Gasteiger partial charge in [-0.1, -0.05) is 6.07 Å². The van der Waals surface area contributed by atoms with E-state index in [0.29, 0.717) is 23.7 Å². The highest BCUT2D eigenvalue weighted by atomic mass is 16.7. The lowest BCUT2D eigenvalue weighted by Crippen LogP contribution is -2.36. The van der Waals surface area contributed by atoms with Crippen molar-refractivity contribution >= 4 is 17.7 Å².